The second-order valence-electron chi connectivity index (χ2n) is 3.89. The summed E-state index contributed by atoms with van der Waals surface area (Å²) in [6.45, 7) is 1.21. The molecular formula is C11H11NO4S. The number of ketones is 2. The lowest BCUT2D eigenvalue weighted by Crippen LogP contribution is -2.50. The van der Waals surface area contributed by atoms with Gasteiger partial charge >= 0.3 is 0 Å². The number of likely N-dealkylation sites (N-methyl/N-ethyl adjacent to an activating group) is 1. The normalized spacial score (nSPS) is 23.2. The molecule has 1 aliphatic heterocycles. The highest BCUT2D eigenvalue weighted by Gasteiger charge is 2.43. The van der Waals surface area contributed by atoms with Crippen molar-refractivity contribution >= 4 is 21.6 Å². The molecule has 1 aliphatic rings. The van der Waals surface area contributed by atoms with Crippen LogP contribution in [0.5, 0.6) is 0 Å². The molecule has 17 heavy (non-hydrogen) atoms. The van der Waals surface area contributed by atoms with Gasteiger partial charge in [-0.15, -0.1) is 0 Å². The van der Waals surface area contributed by atoms with Crippen LogP contribution in [0.1, 0.15) is 17.3 Å². The van der Waals surface area contributed by atoms with Gasteiger partial charge in [0.1, 0.15) is 6.04 Å². The highest BCUT2D eigenvalue weighted by Crippen LogP contribution is 2.28. The van der Waals surface area contributed by atoms with Crippen molar-refractivity contribution in [1.29, 1.82) is 0 Å². The Kier molecular flexibility index (Phi) is 2.63. The number of fused-ring (bicyclic) bond motifs is 1. The molecule has 0 bridgehead atoms. The summed E-state index contributed by atoms with van der Waals surface area (Å²) in [7, 11) is -2.51. The maximum atomic E-state index is 12.1. The molecule has 1 heterocycles. The minimum atomic E-state index is -3.76. The monoisotopic (exact) mass is 253 g/mol. The van der Waals surface area contributed by atoms with Gasteiger partial charge in [0.15, 0.2) is 11.6 Å². The molecule has 0 radical (unpaired) electrons. The van der Waals surface area contributed by atoms with Crippen LogP contribution in [0.3, 0.4) is 0 Å². The highest BCUT2D eigenvalue weighted by molar-refractivity contribution is 7.89. The molecule has 0 saturated carbocycles. The van der Waals surface area contributed by atoms with Gasteiger partial charge in [0.2, 0.25) is 10.0 Å². The van der Waals surface area contributed by atoms with E-state index < -0.39 is 27.6 Å². The molecular weight excluding hydrogens is 242 g/mol. The Morgan fingerprint density at radius 3 is 2.47 bits per heavy atom. The summed E-state index contributed by atoms with van der Waals surface area (Å²) in [4.78, 5) is 23.4. The maximum absolute atomic E-state index is 12.1. The molecule has 5 nitrogen and oxygen atoms in total. The Balaban J connectivity index is 2.75. The van der Waals surface area contributed by atoms with Crippen molar-refractivity contribution in [2.24, 2.45) is 0 Å². The van der Waals surface area contributed by atoms with E-state index in [2.05, 4.69) is 0 Å². The molecule has 90 valence electrons. The molecule has 6 heteroatoms. The van der Waals surface area contributed by atoms with E-state index in [1.54, 1.807) is 12.1 Å². The molecule has 0 N–H and O–H groups in total. The van der Waals surface area contributed by atoms with Crippen molar-refractivity contribution in [3.63, 3.8) is 0 Å². The Labute approximate surface area is 99.1 Å². The quantitative estimate of drug-likeness (QED) is 0.682. The summed E-state index contributed by atoms with van der Waals surface area (Å²) in [6.07, 6.45) is 0. The fourth-order valence-electron chi connectivity index (χ4n) is 1.94. The van der Waals surface area contributed by atoms with Crippen molar-refractivity contribution < 1.29 is 18.0 Å². The van der Waals surface area contributed by atoms with Crippen molar-refractivity contribution in [1.82, 2.24) is 4.31 Å². The zero-order chi connectivity index (χ0) is 12.8. The van der Waals surface area contributed by atoms with Crippen LogP contribution in [0, 0.1) is 0 Å². The van der Waals surface area contributed by atoms with Crippen LogP contribution in [0.25, 0.3) is 0 Å². The lowest BCUT2D eigenvalue weighted by atomic mass is 10.0. The molecule has 0 aliphatic carbocycles. The highest BCUT2D eigenvalue weighted by atomic mass is 32.2. The molecule has 0 amide bonds. The molecule has 0 spiro atoms. The Morgan fingerprint density at radius 2 is 1.88 bits per heavy atom. The topological polar surface area (TPSA) is 71.5 Å². The number of rotatable bonds is 1. The van der Waals surface area contributed by atoms with E-state index in [0.717, 1.165) is 4.31 Å². The first-order valence-electron chi connectivity index (χ1n) is 4.99. The summed E-state index contributed by atoms with van der Waals surface area (Å²) in [5.74, 6) is -0.944. The molecule has 1 atom stereocenters. The lowest BCUT2D eigenvalue weighted by Gasteiger charge is -2.30. The van der Waals surface area contributed by atoms with Gasteiger partial charge in [-0.2, -0.15) is 4.31 Å². The third-order valence-electron chi connectivity index (χ3n) is 2.81. The van der Waals surface area contributed by atoms with Gasteiger partial charge in [-0.05, 0) is 19.1 Å². The summed E-state index contributed by atoms with van der Waals surface area (Å²) in [5.41, 5.74) is 0.0887. The molecule has 1 aromatic rings. The zero-order valence-corrected chi connectivity index (χ0v) is 10.2. The molecule has 1 aromatic carbocycles. The number of hydrogen-bond donors (Lipinski definition) is 0. The van der Waals surface area contributed by atoms with Crippen molar-refractivity contribution in [2.75, 3.05) is 7.05 Å². The van der Waals surface area contributed by atoms with Crippen LogP contribution in [0.2, 0.25) is 0 Å². The molecule has 0 fully saturated rings. The van der Waals surface area contributed by atoms with E-state index in [4.69, 9.17) is 0 Å². The van der Waals surface area contributed by atoms with E-state index in [1.165, 1.54) is 26.1 Å². The number of Topliss-reactive ketones (excluding diaryl/α,β-unsaturated/α-hetero) is 2. The van der Waals surface area contributed by atoms with Gasteiger partial charge in [0.25, 0.3) is 0 Å². The standard InChI is InChI=1S/C11H11NO4S/c1-7(13)10-11(14)8-5-3-4-6-9(8)17(15,16)12(10)2/h3-6,10H,1-2H3/t10-/m0/s1. The molecule has 2 rings (SSSR count). The average Bonchev–Trinajstić information content (AvgIpc) is 2.27. The number of sulfonamides is 1. The van der Waals surface area contributed by atoms with Gasteiger partial charge in [0, 0.05) is 12.6 Å². The fourth-order valence-corrected chi connectivity index (χ4v) is 3.47. The number of carbonyl (C=O) groups is 2. The summed E-state index contributed by atoms with van der Waals surface area (Å²) < 4.78 is 25.0. The summed E-state index contributed by atoms with van der Waals surface area (Å²) in [6, 6.07) is 4.68. The average molecular weight is 253 g/mol. The first-order valence-corrected chi connectivity index (χ1v) is 6.43. The van der Waals surface area contributed by atoms with Crippen molar-refractivity contribution in [2.45, 2.75) is 17.9 Å². The summed E-state index contributed by atoms with van der Waals surface area (Å²) in [5, 5.41) is 0. The second kappa shape index (κ2) is 3.75. The third kappa shape index (κ3) is 1.60. The van der Waals surface area contributed by atoms with E-state index in [0.29, 0.717) is 0 Å². The van der Waals surface area contributed by atoms with Gasteiger partial charge in [-0.25, -0.2) is 8.42 Å². The maximum Gasteiger partial charge on any atom is 0.244 e. The SMILES string of the molecule is CC(=O)[C@H]1C(=O)c2ccccc2S(=O)(=O)N1C. The van der Waals surface area contributed by atoms with Gasteiger partial charge in [0.05, 0.1) is 4.90 Å². The van der Waals surface area contributed by atoms with Crippen LogP contribution in [0.15, 0.2) is 29.2 Å². The first-order chi connectivity index (χ1) is 7.87. The van der Waals surface area contributed by atoms with Gasteiger partial charge < -0.3 is 0 Å². The van der Waals surface area contributed by atoms with E-state index in [-0.39, 0.29) is 10.5 Å². The smallest absolute Gasteiger partial charge is 0.244 e. The summed E-state index contributed by atoms with van der Waals surface area (Å²) >= 11 is 0. The molecule has 0 saturated heterocycles. The predicted molar refractivity (Wildman–Crippen MR) is 60.2 cm³/mol. The lowest BCUT2D eigenvalue weighted by molar-refractivity contribution is -0.119. The number of nitrogens with zero attached hydrogens (tertiary/aromatic N) is 1. The third-order valence-corrected chi connectivity index (χ3v) is 4.69. The minimum absolute atomic E-state index is 0.0370. The van der Waals surface area contributed by atoms with Gasteiger partial charge in [-0.1, -0.05) is 12.1 Å². The van der Waals surface area contributed by atoms with E-state index in [1.807, 2.05) is 0 Å². The molecule has 0 unspecified atom stereocenters. The minimum Gasteiger partial charge on any atom is -0.298 e. The largest absolute Gasteiger partial charge is 0.298 e. The van der Waals surface area contributed by atoms with Gasteiger partial charge in [-0.3, -0.25) is 9.59 Å². The van der Waals surface area contributed by atoms with Crippen LogP contribution < -0.4 is 0 Å². The van der Waals surface area contributed by atoms with Crippen molar-refractivity contribution in [3.05, 3.63) is 29.8 Å². The van der Waals surface area contributed by atoms with Crippen molar-refractivity contribution in [3.8, 4) is 0 Å². The fraction of sp³-hybridized carbons (Fsp3) is 0.273. The van der Waals surface area contributed by atoms with Crippen LogP contribution in [0.4, 0.5) is 0 Å². The Morgan fingerprint density at radius 1 is 1.29 bits per heavy atom. The Hall–Kier alpha value is -1.53. The molecule has 0 aromatic heterocycles. The van der Waals surface area contributed by atoms with E-state index >= 15 is 0 Å². The predicted octanol–water partition coefficient (Wildman–Crippen LogP) is 0.461. The first kappa shape index (κ1) is 11.9. The number of benzene rings is 1. The zero-order valence-electron chi connectivity index (χ0n) is 9.38. The number of hydrogen-bond acceptors (Lipinski definition) is 4. The number of carbonyl (C=O) groups excluding carboxylic acids is 2. The van der Waals surface area contributed by atoms with Crippen LogP contribution in [-0.4, -0.2) is 37.4 Å². The Bertz CT molecular complexity index is 606. The second-order valence-corrected chi connectivity index (χ2v) is 5.86. The van der Waals surface area contributed by atoms with Crippen LogP contribution in [-0.2, 0) is 14.8 Å². The van der Waals surface area contributed by atoms with Crippen LogP contribution >= 0.6 is 0 Å². The van der Waals surface area contributed by atoms with E-state index in [9.17, 15) is 18.0 Å².